The number of hydrogen-bond acceptors (Lipinski definition) is 3. The summed E-state index contributed by atoms with van der Waals surface area (Å²) in [4.78, 5) is 0. The lowest BCUT2D eigenvalue weighted by Gasteiger charge is -2.38. The predicted molar refractivity (Wildman–Crippen MR) is 70.0 cm³/mol. The first-order valence-corrected chi connectivity index (χ1v) is 6.72. The van der Waals surface area contributed by atoms with Gasteiger partial charge in [-0.1, -0.05) is 37.6 Å². The lowest BCUT2D eigenvalue weighted by atomic mass is 9.77. The topological polar surface area (TPSA) is 60.7 Å². The van der Waals surface area contributed by atoms with E-state index in [1.165, 1.54) is 5.56 Å². The Morgan fingerprint density at radius 1 is 0.944 bits per heavy atom. The van der Waals surface area contributed by atoms with Gasteiger partial charge in [0.25, 0.3) is 0 Å². The van der Waals surface area contributed by atoms with Crippen LogP contribution in [-0.4, -0.2) is 21.1 Å². The quantitative estimate of drug-likeness (QED) is 0.720. The normalized spacial score (nSPS) is 21.8. The third-order valence-electron chi connectivity index (χ3n) is 3.91. The second kappa shape index (κ2) is 5.00. The first kappa shape index (κ1) is 13.5. The molecule has 0 spiro atoms. The molecular formula is C15H22O3. The maximum absolute atomic E-state index is 10.6. The first-order chi connectivity index (χ1) is 8.45. The van der Waals surface area contributed by atoms with E-state index in [2.05, 4.69) is 19.1 Å². The van der Waals surface area contributed by atoms with Crippen molar-refractivity contribution in [3.63, 3.8) is 0 Å². The van der Waals surface area contributed by atoms with E-state index >= 15 is 0 Å². The van der Waals surface area contributed by atoms with E-state index in [-0.39, 0.29) is 12.8 Å². The van der Waals surface area contributed by atoms with E-state index in [1.807, 2.05) is 12.1 Å². The molecule has 0 atom stereocenters. The summed E-state index contributed by atoms with van der Waals surface area (Å²) in [6.07, 6.45) is 3.40. The summed E-state index contributed by atoms with van der Waals surface area (Å²) in [5.74, 6) is -1.60. The average Bonchev–Trinajstić information content (AvgIpc) is 2.35. The fraction of sp³-hybridized carbons (Fsp3) is 0.600. The van der Waals surface area contributed by atoms with Crippen LogP contribution in [0.2, 0.25) is 0 Å². The highest BCUT2D eigenvalue weighted by Crippen LogP contribution is 2.40. The van der Waals surface area contributed by atoms with Gasteiger partial charge in [-0.2, -0.15) is 0 Å². The van der Waals surface area contributed by atoms with Crippen LogP contribution in [-0.2, 0) is 12.0 Å². The molecule has 0 aliphatic heterocycles. The molecule has 0 amide bonds. The Morgan fingerprint density at radius 3 is 2.00 bits per heavy atom. The van der Waals surface area contributed by atoms with Crippen LogP contribution in [0.25, 0.3) is 0 Å². The lowest BCUT2D eigenvalue weighted by Crippen LogP contribution is -2.41. The molecule has 1 fully saturated rings. The zero-order chi connectivity index (χ0) is 13.2. The van der Waals surface area contributed by atoms with Crippen molar-refractivity contribution in [3.05, 3.63) is 35.4 Å². The van der Waals surface area contributed by atoms with Gasteiger partial charge in [-0.3, -0.25) is 0 Å². The molecule has 1 saturated carbocycles. The molecule has 0 unspecified atom stereocenters. The van der Waals surface area contributed by atoms with Crippen molar-refractivity contribution in [2.45, 2.75) is 56.8 Å². The highest BCUT2D eigenvalue weighted by molar-refractivity contribution is 5.28. The van der Waals surface area contributed by atoms with E-state index in [9.17, 15) is 15.3 Å². The molecule has 1 aliphatic carbocycles. The van der Waals surface area contributed by atoms with Crippen LogP contribution >= 0.6 is 0 Å². The average molecular weight is 250 g/mol. The number of hydrogen-bond donors (Lipinski definition) is 3. The second-order valence-corrected chi connectivity index (χ2v) is 5.46. The molecule has 0 heterocycles. The zero-order valence-electron chi connectivity index (χ0n) is 10.9. The molecule has 2 rings (SSSR count). The van der Waals surface area contributed by atoms with Gasteiger partial charge in [-0.05, 0) is 30.4 Å². The van der Waals surface area contributed by atoms with Crippen molar-refractivity contribution in [1.82, 2.24) is 0 Å². The molecular weight excluding hydrogens is 228 g/mol. The lowest BCUT2D eigenvalue weighted by molar-refractivity contribution is -0.208. The van der Waals surface area contributed by atoms with Gasteiger partial charge in [-0.25, -0.2) is 0 Å². The highest BCUT2D eigenvalue weighted by atomic mass is 16.5. The smallest absolute Gasteiger partial charge is 0.162 e. The molecule has 0 radical (unpaired) electrons. The SMILES string of the molecule is CCCc1ccc(C2(O)CCC(O)(O)CC2)cc1. The molecule has 0 saturated heterocycles. The third kappa shape index (κ3) is 2.91. The predicted octanol–water partition coefficient (Wildman–Crippen LogP) is 2.08. The fourth-order valence-electron chi connectivity index (χ4n) is 2.62. The van der Waals surface area contributed by atoms with Crippen molar-refractivity contribution >= 4 is 0 Å². The van der Waals surface area contributed by atoms with Gasteiger partial charge >= 0.3 is 0 Å². The second-order valence-electron chi connectivity index (χ2n) is 5.46. The first-order valence-electron chi connectivity index (χ1n) is 6.72. The standard InChI is InChI=1S/C15H22O3/c1-2-3-12-4-6-13(7-5-12)14(16)8-10-15(17,18)11-9-14/h4-7,16-18H,2-3,8-11H2,1H3. The maximum atomic E-state index is 10.6. The minimum Gasteiger partial charge on any atom is -0.385 e. The van der Waals surface area contributed by atoms with Crippen LogP contribution in [0.15, 0.2) is 24.3 Å². The Bertz CT molecular complexity index is 385. The number of aliphatic hydroxyl groups is 3. The van der Waals surface area contributed by atoms with Crippen molar-refractivity contribution in [1.29, 1.82) is 0 Å². The molecule has 3 nitrogen and oxygen atoms in total. The Kier molecular flexibility index (Phi) is 3.76. The van der Waals surface area contributed by atoms with Gasteiger partial charge in [-0.15, -0.1) is 0 Å². The van der Waals surface area contributed by atoms with Gasteiger partial charge in [0.2, 0.25) is 0 Å². The van der Waals surface area contributed by atoms with Gasteiger partial charge in [0.05, 0.1) is 5.60 Å². The third-order valence-corrected chi connectivity index (χ3v) is 3.91. The van der Waals surface area contributed by atoms with Crippen LogP contribution in [0.5, 0.6) is 0 Å². The largest absolute Gasteiger partial charge is 0.385 e. The van der Waals surface area contributed by atoms with E-state index in [0.717, 1.165) is 18.4 Å². The van der Waals surface area contributed by atoms with Gasteiger partial charge in [0.1, 0.15) is 0 Å². The minimum atomic E-state index is -1.60. The fourth-order valence-corrected chi connectivity index (χ4v) is 2.62. The number of aryl methyl sites for hydroxylation is 1. The van der Waals surface area contributed by atoms with Gasteiger partial charge in [0.15, 0.2) is 5.79 Å². The molecule has 3 N–H and O–H groups in total. The molecule has 100 valence electrons. The highest BCUT2D eigenvalue weighted by Gasteiger charge is 2.40. The summed E-state index contributed by atoms with van der Waals surface area (Å²) in [6, 6.07) is 8.03. The van der Waals surface area contributed by atoms with E-state index < -0.39 is 11.4 Å². The molecule has 1 aliphatic rings. The zero-order valence-corrected chi connectivity index (χ0v) is 10.9. The van der Waals surface area contributed by atoms with E-state index in [0.29, 0.717) is 12.8 Å². The van der Waals surface area contributed by atoms with Gasteiger partial charge < -0.3 is 15.3 Å². The van der Waals surface area contributed by atoms with Crippen LogP contribution in [0.3, 0.4) is 0 Å². The van der Waals surface area contributed by atoms with Crippen LogP contribution in [0, 0.1) is 0 Å². The molecule has 3 heteroatoms. The summed E-state index contributed by atoms with van der Waals surface area (Å²) in [7, 11) is 0. The van der Waals surface area contributed by atoms with E-state index in [4.69, 9.17) is 0 Å². The van der Waals surface area contributed by atoms with Crippen LogP contribution in [0.1, 0.15) is 50.2 Å². The molecule has 1 aromatic rings. The Hall–Kier alpha value is -0.900. The minimum absolute atomic E-state index is 0.222. The number of rotatable bonds is 3. The number of benzene rings is 1. The Labute approximate surface area is 108 Å². The Morgan fingerprint density at radius 2 is 1.50 bits per heavy atom. The molecule has 18 heavy (non-hydrogen) atoms. The van der Waals surface area contributed by atoms with E-state index in [1.54, 1.807) is 0 Å². The van der Waals surface area contributed by atoms with Crippen molar-refractivity contribution in [3.8, 4) is 0 Å². The Balaban J connectivity index is 2.11. The molecule has 0 aromatic heterocycles. The summed E-state index contributed by atoms with van der Waals surface area (Å²) in [5, 5.41) is 29.6. The molecule has 0 bridgehead atoms. The molecule has 1 aromatic carbocycles. The summed E-state index contributed by atoms with van der Waals surface area (Å²) < 4.78 is 0. The summed E-state index contributed by atoms with van der Waals surface area (Å²) in [5.41, 5.74) is 1.26. The van der Waals surface area contributed by atoms with Crippen molar-refractivity contribution in [2.24, 2.45) is 0 Å². The van der Waals surface area contributed by atoms with Gasteiger partial charge in [0, 0.05) is 12.8 Å². The van der Waals surface area contributed by atoms with Crippen molar-refractivity contribution < 1.29 is 15.3 Å². The summed E-state index contributed by atoms with van der Waals surface area (Å²) >= 11 is 0. The summed E-state index contributed by atoms with van der Waals surface area (Å²) in [6.45, 7) is 2.14. The monoisotopic (exact) mass is 250 g/mol. The van der Waals surface area contributed by atoms with Crippen molar-refractivity contribution in [2.75, 3.05) is 0 Å². The maximum Gasteiger partial charge on any atom is 0.162 e. The van der Waals surface area contributed by atoms with Crippen LogP contribution < -0.4 is 0 Å². The van der Waals surface area contributed by atoms with Crippen LogP contribution in [0.4, 0.5) is 0 Å².